The summed E-state index contributed by atoms with van der Waals surface area (Å²) in [6, 6.07) is 9.97. The molecule has 0 heterocycles. The average Bonchev–Trinajstić information content (AvgIpc) is 2.90. The van der Waals surface area contributed by atoms with Gasteiger partial charge in [0.1, 0.15) is 0 Å². The van der Waals surface area contributed by atoms with Gasteiger partial charge in [0.15, 0.2) is 0 Å². The molecule has 1 fully saturated rings. The molecule has 1 saturated carbocycles. The summed E-state index contributed by atoms with van der Waals surface area (Å²) in [4.78, 5) is 36.1. The zero-order chi connectivity index (χ0) is 30.4. The highest BCUT2D eigenvalue weighted by Gasteiger charge is 2.35. The van der Waals surface area contributed by atoms with Gasteiger partial charge in [0, 0.05) is 17.8 Å². The summed E-state index contributed by atoms with van der Waals surface area (Å²) >= 11 is 0. The minimum absolute atomic E-state index is 0.0112. The molecule has 0 aromatic heterocycles. The highest BCUT2D eigenvalue weighted by molar-refractivity contribution is 5.94. The Morgan fingerprint density at radius 2 is 1.66 bits per heavy atom. The zero-order valence-corrected chi connectivity index (χ0v) is 23.3. The molecule has 220 valence electrons. The topological polar surface area (TPSA) is 131 Å². The predicted octanol–water partition coefficient (Wildman–Crippen LogP) is 6.50. The molecule has 4 N–H and O–H groups in total. The summed E-state index contributed by atoms with van der Waals surface area (Å²) in [7, 11) is 0. The van der Waals surface area contributed by atoms with Crippen LogP contribution in [0.4, 0.5) is 23.7 Å². The minimum atomic E-state index is -4.75. The first-order valence-corrected chi connectivity index (χ1v) is 13.5. The molecule has 11 heteroatoms. The SMILES string of the molecule is CC(C)(C)C1CCC(C(NC(=O)Nc2ccc(C#N)c(C(F)(F)F)c2)c2ccc(C(=O)NCCC(=O)O)cc2)CC1. The van der Waals surface area contributed by atoms with Gasteiger partial charge in [-0.3, -0.25) is 9.59 Å². The quantitative estimate of drug-likeness (QED) is 0.287. The average molecular weight is 573 g/mol. The lowest BCUT2D eigenvalue weighted by Crippen LogP contribution is -2.38. The molecule has 41 heavy (non-hydrogen) atoms. The summed E-state index contributed by atoms with van der Waals surface area (Å²) in [6.45, 7) is 6.60. The first kappa shape index (κ1) is 31.5. The number of halogens is 3. The Hall–Kier alpha value is -4.07. The van der Waals surface area contributed by atoms with Gasteiger partial charge < -0.3 is 21.1 Å². The van der Waals surface area contributed by atoms with Gasteiger partial charge in [-0.15, -0.1) is 0 Å². The van der Waals surface area contributed by atoms with Crippen molar-refractivity contribution in [3.63, 3.8) is 0 Å². The smallest absolute Gasteiger partial charge is 0.417 e. The molecule has 0 aliphatic heterocycles. The number of carboxylic acid groups (broad SMARTS) is 1. The van der Waals surface area contributed by atoms with E-state index in [2.05, 4.69) is 36.7 Å². The molecule has 8 nitrogen and oxygen atoms in total. The van der Waals surface area contributed by atoms with Gasteiger partial charge in [0.2, 0.25) is 0 Å². The normalized spacial score (nSPS) is 18.1. The molecule has 2 aromatic rings. The zero-order valence-electron chi connectivity index (χ0n) is 23.3. The maximum Gasteiger partial charge on any atom is 0.417 e. The van der Waals surface area contributed by atoms with Crippen LogP contribution in [-0.2, 0) is 11.0 Å². The van der Waals surface area contributed by atoms with Crippen LogP contribution in [0.5, 0.6) is 0 Å². The molecular weight excluding hydrogens is 537 g/mol. The highest BCUT2D eigenvalue weighted by Crippen LogP contribution is 2.43. The maximum atomic E-state index is 13.4. The summed E-state index contributed by atoms with van der Waals surface area (Å²) in [5.74, 6) is -0.873. The van der Waals surface area contributed by atoms with E-state index in [9.17, 15) is 27.6 Å². The van der Waals surface area contributed by atoms with E-state index in [1.807, 2.05) is 0 Å². The molecule has 1 aliphatic rings. The Balaban J connectivity index is 1.80. The maximum absolute atomic E-state index is 13.4. The van der Waals surface area contributed by atoms with Gasteiger partial charge in [-0.2, -0.15) is 18.4 Å². The fraction of sp³-hybridized carbons (Fsp3) is 0.467. The fourth-order valence-corrected chi connectivity index (χ4v) is 5.28. The number of carbonyl (C=O) groups excluding carboxylic acids is 2. The summed E-state index contributed by atoms with van der Waals surface area (Å²) < 4.78 is 40.2. The summed E-state index contributed by atoms with van der Waals surface area (Å²) in [5, 5.41) is 25.7. The predicted molar refractivity (Wildman–Crippen MR) is 147 cm³/mol. The van der Waals surface area contributed by atoms with Crippen molar-refractivity contribution in [2.45, 2.75) is 65.1 Å². The number of carbonyl (C=O) groups is 3. The van der Waals surface area contributed by atoms with Crippen molar-refractivity contribution < 1.29 is 32.7 Å². The molecule has 1 aliphatic carbocycles. The number of anilines is 1. The van der Waals surface area contributed by atoms with Gasteiger partial charge >= 0.3 is 18.2 Å². The Kier molecular flexibility index (Phi) is 10.0. The second-order valence-corrected chi connectivity index (χ2v) is 11.4. The van der Waals surface area contributed by atoms with Gasteiger partial charge in [-0.1, -0.05) is 32.9 Å². The number of aliphatic carboxylic acids is 1. The van der Waals surface area contributed by atoms with Crippen LogP contribution in [0.3, 0.4) is 0 Å². The van der Waals surface area contributed by atoms with E-state index in [0.29, 0.717) is 11.5 Å². The standard InChI is InChI=1S/C30H35F3N4O4/c1-29(2,3)22-11-8-19(9-12-22)26(18-4-6-20(7-5-18)27(40)35-15-14-25(38)39)37-28(41)36-23-13-10-21(17-34)24(16-23)30(31,32)33/h4-7,10,13,16,19,22,26H,8-9,11-12,14-15H2,1-3H3,(H,35,40)(H,38,39)(H2,36,37,41). The van der Waals surface area contributed by atoms with E-state index < -0.39 is 41.3 Å². The number of urea groups is 1. The van der Waals surface area contributed by atoms with Crippen molar-refractivity contribution in [3.8, 4) is 6.07 Å². The van der Waals surface area contributed by atoms with Crippen LogP contribution in [0.15, 0.2) is 42.5 Å². The number of nitrogens with zero attached hydrogens (tertiary/aromatic N) is 1. The number of hydrogen-bond donors (Lipinski definition) is 4. The van der Waals surface area contributed by atoms with Crippen molar-refractivity contribution in [1.29, 1.82) is 5.26 Å². The molecule has 3 rings (SSSR count). The van der Waals surface area contributed by atoms with Crippen LogP contribution < -0.4 is 16.0 Å². The molecule has 0 bridgehead atoms. The number of nitriles is 1. The van der Waals surface area contributed by atoms with Crippen molar-refractivity contribution in [3.05, 3.63) is 64.7 Å². The van der Waals surface area contributed by atoms with E-state index in [1.165, 1.54) is 12.1 Å². The molecule has 3 amide bonds. The van der Waals surface area contributed by atoms with Crippen LogP contribution in [-0.4, -0.2) is 29.6 Å². The lowest BCUT2D eigenvalue weighted by Gasteiger charge is -2.39. The largest absolute Gasteiger partial charge is 0.481 e. The van der Waals surface area contributed by atoms with Gasteiger partial charge in [0.25, 0.3) is 5.91 Å². The van der Waals surface area contributed by atoms with Crippen molar-refractivity contribution in [2.75, 3.05) is 11.9 Å². The van der Waals surface area contributed by atoms with Gasteiger partial charge in [-0.25, -0.2) is 4.79 Å². The number of nitrogens with one attached hydrogen (secondary N) is 3. The molecule has 0 saturated heterocycles. The molecule has 0 radical (unpaired) electrons. The number of alkyl halides is 3. The number of hydrogen-bond acceptors (Lipinski definition) is 4. The molecule has 0 spiro atoms. The third kappa shape index (κ3) is 8.71. The Labute approximate surface area is 237 Å². The molecule has 2 aromatic carbocycles. The highest BCUT2D eigenvalue weighted by atomic mass is 19.4. The fourth-order valence-electron chi connectivity index (χ4n) is 5.28. The van der Waals surface area contributed by atoms with Crippen molar-refractivity contribution in [1.82, 2.24) is 10.6 Å². The second kappa shape index (κ2) is 13.1. The van der Waals surface area contributed by atoms with Gasteiger partial charge in [-0.05, 0) is 78.8 Å². The third-order valence-corrected chi connectivity index (χ3v) is 7.61. The lowest BCUT2D eigenvalue weighted by atomic mass is 9.68. The van der Waals surface area contributed by atoms with E-state index >= 15 is 0 Å². The first-order chi connectivity index (χ1) is 19.2. The molecular formula is C30H35F3N4O4. The van der Waals surface area contributed by atoms with Crippen molar-refractivity contribution in [2.24, 2.45) is 17.3 Å². The van der Waals surface area contributed by atoms with Crippen LogP contribution in [0.2, 0.25) is 0 Å². The Bertz CT molecular complexity index is 1290. The number of carboxylic acids is 1. The van der Waals surface area contributed by atoms with E-state index in [4.69, 9.17) is 10.4 Å². The van der Waals surface area contributed by atoms with Crippen LogP contribution >= 0.6 is 0 Å². The first-order valence-electron chi connectivity index (χ1n) is 13.5. The summed E-state index contributed by atoms with van der Waals surface area (Å²) in [6.07, 6.45) is -1.37. The number of benzene rings is 2. The Morgan fingerprint density at radius 1 is 1.02 bits per heavy atom. The monoisotopic (exact) mass is 572 g/mol. The van der Waals surface area contributed by atoms with E-state index in [1.54, 1.807) is 24.3 Å². The Morgan fingerprint density at radius 3 is 2.20 bits per heavy atom. The van der Waals surface area contributed by atoms with Crippen LogP contribution in [0.1, 0.15) is 86.0 Å². The van der Waals surface area contributed by atoms with Crippen LogP contribution in [0.25, 0.3) is 0 Å². The summed E-state index contributed by atoms with van der Waals surface area (Å²) in [5.41, 5.74) is -0.561. The van der Waals surface area contributed by atoms with Crippen molar-refractivity contribution >= 4 is 23.6 Å². The van der Waals surface area contributed by atoms with Gasteiger partial charge in [0.05, 0.1) is 29.7 Å². The number of amides is 3. The molecule has 1 atom stereocenters. The number of rotatable bonds is 8. The molecule has 1 unspecified atom stereocenters. The lowest BCUT2D eigenvalue weighted by molar-refractivity contribution is -0.138. The van der Waals surface area contributed by atoms with E-state index in [-0.39, 0.29) is 30.0 Å². The van der Waals surface area contributed by atoms with E-state index in [0.717, 1.165) is 43.4 Å². The second-order valence-electron chi connectivity index (χ2n) is 11.4. The third-order valence-electron chi connectivity index (χ3n) is 7.61. The van der Waals surface area contributed by atoms with Crippen LogP contribution in [0, 0.1) is 28.6 Å². The minimum Gasteiger partial charge on any atom is -0.481 e.